The van der Waals surface area contributed by atoms with Gasteiger partial charge in [-0.3, -0.25) is 4.79 Å². The first-order valence-corrected chi connectivity index (χ1v) is 10.8. The van der Waals surface area contributed by atoms with Crippen LogP contribution in [0.2, 0.25) is 0 Å². The molecule has 0 N–H and O–H groups in total. The summed E-state index contributed by atoms with van der Waals surface area (Å²) >= 11 is 3.42. The predicted molar refractivity (Wildman–Crippen MR) is 115 cm³/mol. The van der Waals surface area contributed by atoms with Crippen LogP contribution in [0.3, 0.4) is 0 Å². The second-order valence-electron chi connectivity index (χ2n) is 7.47. The van der Waals surface area contributed by atoms with Crippen LogP contribution in [0.4, 0.5) is 11.6 Å². The van der Waals surface area contributed by atoms with E-state index in [1.165, 1.54) is 19.3 Å². The summed E-state index contributed by atoms with van der Waals surface area (Å²) in [7, 11) is 0. The topological polar surface area (TPSA) is 52.6 Å². The Kier molecular flexibility index (Phi) is 5.80. The van der Waals surface area contributed by atoms with Crippen molar-refractivity contribution in [1.82, 2.24) is 14.9 Å². The van der Waals surface area contributed by atoms with E-state index in [4.69, 9.17) is 0 Å². The van der Waals surface area contributed by atoms with E-state index in [2.05, 4.69) is 41.8 Å². The summed E-state index contributed by atoms with van der Waals surface area (Å²) in [6.07, 6.45) is 3.77. The third kappa shape index (κ3) is 4.29. The number of rotatable bonds is 3. The second kappa shape index (κ2) is 8.47. The largest absolute Gasteiger partial charge is 0.356 e. The molecule has 1 amide bonds. The molecule has 6 nitrogen and oxygen atoms in total. The number of aromatic nitrogens is 2. The van der Waals surface area contributed by atoms with Gasteiger partial charge in [-0.1, -0.05) is 15.9 Å². The van der Waals surface area contributed by atoms with Gasteiger partial charge in [0.25, 0.3) is 5.91 Å². The zero-order chi connectivity index (χ0) is 19.5. The van der Waals surface area contributed by atoms with Gasteiger partial charge in [0.05, 0.1) is 0 Å². The van der Waals surface area contributed by atoms with Gasteiger partial charge in [0.2, 0.25) is 0 Å². The van der Waals surface area contributed by atoms with Gasteiger partial charge in [-0.15, -0.1) is 0 Å². The number of piperazine rings is 1. The Hall–Kier alpha value is -2.15. The maximum atomic E-state index is 12.7. The summed E-state index contributed by atoms with van der Waals surface area (Å²) in [6, 6.07) is 9.68. The normalized spacial score (nSPS) is 17.7. The van der Waals surface area contributed by atoms with Crippen molar-refractivity contribution < 1.29 is 4.79 Å². The zero-order valence-electron chi connectivity index (χ0n) is 16.3. The van der Waals surface area contributed by atoms with E-state index in [0.29, 0.717) is 13.1 Å². The molecule has 2 saturated heterocycles. The molecule has 3 heterocycles. The first-order chi connectivity index (χ1) is 13.6. The van der Waals surface area contributed by atoms with Crippen molar-refractivity contribution >= 4 is 33.5 Å². The lowest BCUT2D eigenvalue weighted by Crippen LogP contribution is -2.49. The third-order valence-electron chi connectivity index (χ3n) is 5.47. The van der Waals surface area contributed by atoms with Crippen molar-refractivity contribution in [3.8, 4) is 0 Å². The molecule has 1 aromatic heterocycles. The maximum Gasteiger partial charge on any atom is 0.253 e. The van der Waals surface area contributed by atoms with Gasteiger partial charge in [-0.2, -0.15) is 0 Å². The van der Waals surface area contributed by atoms with Crippen LogP contribution in [-0.4, -0.2) is 60.0 Å². The SMILES string of the molecule is Cc1nc(N2CCCCC2)cc(N2CCN(C(=O)c3ccc(Br)cc3)CC2)n1. The fourth-order valence-electron chi connectivity index (χ4n) is 3.90. The summed E-state index contributed by atoms with van der Waals surface area (Å²) in [4.78, 5) is 28.6. The predicted octanol–water partition coefficient (Wildman–Crippen LogP) is 3.50. The highest BCUT2D eigenvalue weighted by molar-refractivity contribution is 9.10. The molecule has 2 aliphatic heterocycles. The number of hydrogen-bond donors (Lipinski definition) is 0. The highest BCUT2D eigenvalue weighted by Gasteiger charge is 2.24. The Bertz CT molecular complexity index is 827. The smallest absolute Gasteiger partial charge is 0.253 e. The quantitative estimate of drug-likeness (QED) is 0.726. The van der Waals surface area contributed by atoms with E-state index in [9.17, 15) is 4.79 Å². The van der Waals surface area contributed by atoms with Crippen LogP contribution in [-0.2, 0) is 0 Å². The maximum absolute atomic E-state index is 12.7. The minimum Gasteiger partial charge on any atom is -0.356 e. The van der Waals surface area contributed by atoms with Crippen molar-refractivity contribution in [2.24, 2.45) is 0 Å². The van der Waals surface area contributed by atoms with Gasteiger partial charge < -0.3 is 14.7 Å². The van der Waals surface area contributed by atoms with Crippen LogP contribution in [0, 0.1) is 6.92 Å². The fraction of sp³-hybridized carbons (Fsp3) is 0.476. The van der Waals surface area contributed by atoms with Crippen LogP contribution in [0.5, 0.6) is 0 Å². The van der Waals surface area contributed by atoms with Crippen LogP contribution >= 0.6 is 15.9 Å². The van der Waals surface area contributed by atoms with Crippen molar-refractivity contribution in [2.75, 3.05) is 49.1 Å². The molecule has 0 radical (unpaired) electrons. The van der Waals surface area contributed by atoms with Gasteiger partial charge in [0.1, 0.15) is 17.5 Å². The number of piperidine rings is 1. The molecular weight excluding hydrogens is 418 g/mol. The molecule has 0 unspecified atom stereocenters. The van der Waals surface area contributed by atoms with Crippen molar-refractivity contribution in [2.45, 2.75) is 26.2 Å². The summed E-state index contributed by atoms with van der Waals surface area (Å²) < 4.78 is 0.984. The summed E-state index contributed by atoms with van der Waals surface area (Å²) in [6.45, 7) is 7.10. The minimum absolute atomic E-state index is 0.0972. The average molecular weight is 444 g/mol. The fourth-order valence-corrected chi connectivity index (χ4v) is 4.16. The van der Waals surface area contributed by atoms with E-state index in [-0.39, 0.29) is 5.91 Å². The molecule has 0 aliphatic carbocycles. The zero-order valence-corrected chi connectivity index (χ0v) is 17.9. The van der Waals surface area contributed by atoms with Gasteiger partial charge in [-0.25, -0.2) is 9.97 Å². The van der Waals surface area contributed by atoms with E-state index < -0.39 is 0 Å². The summed E-state index contributed by atoms with van der Waals surface area (Å²) in [5.41, 5.74) is 0.738. The molecule has 7 heteroatoms. The number of hydrogen-bond acceptors (Lipinski definition) is 5. The van der Waals surface area contributed by atoms with Gasteiger partial charge in [0.15, 0.2) is 0 Å². The number of aryl methyl sites for hydroxylation is 1. The first-order valence-electron chi connectivity index (χ1n) is 10.0. The number of amides is 1. The van der Waals surface area contributed by atoms with Crippen LogP contribution in [0.15, 0.2) is 34.8 Å². The lowest BCUT2D eigenvalue weighted by atomic mass is 10.1. The Morgan fingerprint density at radius 3 is 2.04 bits per heavy atom. The van der Waals surface area contributed by atoms with Gasteiger partial charge >= 0.3 is 0 Å². The van der Waals surface area contributed by atoms with Crippen molar-refractivity contribution in [3.05, 3.63) is 46.2 Å². The highest BCUT2D eigenvalue weighted by Crippen LogP contribution is 2.23. The van der Waals surface area contributed by atoms with Crippen molar-refractivity contribution in [1.29, 1.82) is 0 Å². The summed E-state index contributed by atoms with van der Waals surface area (Å²) in [5, 5.41) is 0. The molecule has 0 atom stereocenters. The first kappa shape index (κ1) is 19.2. The highest BCUT2D eigenvalue weighted by atomic mass is 79.9. The monoisotopic (exact) mass is 443 g/mol. The molecule has 2 fully saturated rings. The second-order valence-corrected chi connectivity index (χ2v) is 8.38. The van der Waals surface area contributed by atoms with Gasteiger partial charge in [-0.05, 0) is 50.5 Å². The third-order valence-corrected chi connectivity index (χ3v) is 6.00. The van der Waals surface area contributed by atoms with E-state index in [1.807, 2.05) is 36.1 Å². The minimum atomic E-state index is 0.0972. The summed E-state index contributed by atoms with van der Waals surface area (Å²) in [5.74, 6) is 2.92. The number of benzene rings is 1. The number of carbonyl (C=O) groups excluding carboxylic acids is 1. The molecule has 148 valence electrons. The number of anilines is 2. The average Bonchev–Trinajstić information content (AvgIpc) is 2.74. The molecule has 2 aromatic rings. The lowest BCUT2D eigenvalue weighted by molar-refractivity contribution is 0.0746. The Morgan fingerprint density at radius 2 is 1.43 bits per heavy atom. The lowest BCUT2D eigenvalue weighted by Gasteiger charge is -2.36. The molecule has 28 heavy (non-hydrogen) atoms. The molecule has 0 bridgehead atoms. The Morgan fingerprint density at radius 1 is 0.857 bits per heavy atom. The van der Waals surface area contributed by atoms with Crippen molar-refractivity contribution in [3.63, 3.8) is 0 Å². The number of carbonyl (C=O) groups is 1. The standard InChI is InChI=1S/C21H26BrN5O/c1-16-23-19(25-9-3-2-4-10-25)15-20(24-16)26-11-13-27(14-12-26)21(28)17-5-7-18(22)8-6-17/h5-8,15H,2-4,9-14H2,1H3. The molecule has 1 aromatic carbocycles. The van der Waals surface area contributed by atoms with Crippen LogP contribution in [0.25, 0.3) is 0 Å². The van der Waals surface area contributed by atoms with Crippen LogP contribution in [0.1, 0.15) is 35.4 Å². The molecule has 4 rings (SSSR count). The Balaban J connectivity index is 1.42. The molecule has 2 aliphatic rings. The van der Waals surface area contributed by atoms with Gasteiger partial charge in [0, 0.05) is 55.4 Å². The van der Waals surface area contributed by atoms with E-state index in [0.717, 1.165) is 53.7 Å². The molecule has 0 spiro atoms. The Labute approximate surface area is 174 Å². The number of halogens is 1. The molecular formula is C21H26BrN5O. The number of nitrogens with zero attached hydrogens (tertiary/aromatic N) is 5. The molecule has 0 saturated carbocycles. The van der Waals surface area contributed by atoms with E-state index >= 15 is 0 Å². The van der Waals surface area contributed by atoms with Crippen LogP contribution < -0.4 is 9.80 Å². The van der Waals surface area contributed by atoms with E-state index in [1.54, 1.807) is 0 Å².